The van der Waals surface area contributed by atoms with E-state index in [-0.39, 0.29) is 29.1 Å². The Morgan fingerprint density at radius 3 is 2.38 bits per heavy atom. The second-order valence-corrected chi connectivity index (χ2v) is 14.8. The number of nitrogens with zero attached hydrogens (tertiary/aromatic N) is 6. The molecule has 2 aliphatic heterocycles. The van der Waals surface area contributed by atoms with Crippen molar-refractivity contribution < 1.29 is 23.5 Å². The van der Waals surface area contributed by atoms with E-state index in [2.05, 4.69) is 63.1 Å². The third-order valence-electron chi connectivity index (χ3n) is 10.7. The first-order chi connectivity index (χ1) is 26.4. The van der Waals surface area contributed by atoms with Gasteiger partial charge >= 0.3 is 0 Å². The van der Waals surface area contributed by atoms with Gasteiger partial charge in [-0.05, 0) is 95.1 Å². The smallest absolute Gasteiger partial charge is 0.262 e. The molecule has 0 bridgehead atoms. The standard InChI is InChI=1S/C42H53FN8O4/c1-27(2)49-19-21-50(22-20-49)38(52)16-12-31-11-15-36(37(23-31)54-7)55-41-33(40(53)46-39-28(3)9-8-10-29(39)4)25-44-42(47-41)45-32-13-14-35(34(43)24-32)51-18-17-48(6)30(5)26-51/h8-11,13-15,23-25,27,30H,12,16-22,26H2,1-7H3,(H,46,53)(H,44,45,47). The lowest BCUT2D eigenvalue weighted by atomic mass is 10.1. The number of carbonyl (C=O) groups is 2. The van der Waals surface area contributed by atoms with Crippen LogP contribution in [0, 0.1) is 19.7 Å². The van der Waals surface area contributed by atoms with Crippen LogP contribution in [0.15, 0.2) is 60.8 Å². The zero-order valence-corrected chi connectivity index (χ0v) is 33.0. The first-order valence-corrected chi connectivity index (χ1v) is 19.0. The van der Waals surface area contributed by atoms with E-state index in [0.717, 1.165) is 62.5 Å². The van der Waals surface area contributed by atoms with E-state index in [1.807, 2.05) is 49.1 Å². The minimum absolute atomic E-state index is 0.0217. The molecule has 2 aliphatic rings. The highest BCUT2D eigenvalue weighted by Gasteiger charge is 2.25. The van der Waals surface area contributed by atoms with Crippen LogP contribution in [0.4, 0.5) is 27.4 Å². The van der Waals surface area contributed by atoms with Crippen molar-refractivity contribution in [2.45, 2.75) is 59.5 Å². The SMILES string of the molecule is COc1cc(CCC(=O)N2CCN(C(C)C)CC2)ccc1Oc1nc(Nc2ccc(N3CCN(C)C(C)C3)c(F)c2)ncc1C(=O)Nc1c(C)cccc1C. The highest BCUT2D eigenvalue weighted by atomic mass is 19.1. The molecule has 13 heteroatoms. The molecule has 0 aliphatic carbocycles. The van der Waals surface area contributed by atoms with Gasteiger partial charge in [0.15, 0.2) is 11.5 Å². The van der Waals surface area contributed by atoms with E-state index in [1.165, 1.54) is 19.4 Å². The molecule has 3 aromatic carbocycles. The van der Waals surface area contributed by atoms with Gasteiger partial charge in [0.1, 0.15) is 11.4 Å². The van der Waals surface area contributed by atoms with Crippen molar-refractivity contribution in [1.82, 2.24) is 24.7 Å². The molecular weight excluding hydrogens is 700 g/mol. The van der Waals surface area contributed by atoms with E-state index in [4.69, 9.17) is 9.47 Å². The Hall–Kier alpha value is -5.27. The lowest BCUT2D eigenvalue weighted by Gasteiger charge is -2.39. The first-order valence-electron chi connectivity index (χ1n) is 19.0. The van der Waals surface area contributed by atoms with Crippen molar-refractivity contribution in [3.8, 4) is 17.4 Å². The van der Waals surface area contributed by atoms with Gasteiger partial charge in [-0.15, -0.1) is 0 Å². The summed E-state index contributed by atoms with van der Waals surface area (Å²) < 4.78 is 27.5. The summed E-state index contributed by atoms with van der Waals surface area (Å²) in [5.74, 6) is 0.147. The van der Waals surface area contributed by atoms with E-state index >= 15 is 4.39 Å². The van der Waals surface area contributed by atoms with Gasteiger partial charge in [-0.1, -0.05) is 24.3 Å². The van der Waals surface area contributed by atoms with Crippen molar-refractivity contribution >= 4 is 34.8 Å². The number of aromatic nitrogens is 2. The number of halogens is 1. The fraction of sp³-hybridized carbons (Fsp3) is 0.429. The fourth-order valence-electron chi connectivity index (χ4n) is 7.04. The number of piperazine rings is 2. The molecule has 0 radical (unpaired) electrons. The number of anilines is 4. The van der Waals surface area contributed by atoms with Gasteiger partial charge in [-0.2, -0.15) is 4.98 Å². The normalized spacial score (nSPS) is 16.6. The average molecular weight is 753 g/mol. The maximum absolute atomic E-state index is 15.5. The van der Waals surface area contributed by atoms with Crippen molar-refractivity contribution in [3.63, 3.8) is 0 Å². The Balaban J connectivity index is 1.22. The summed E-state index contributed by atoms with van der Waals surface area (Å²) >= 11 is 0. The molecule has 6 rings (SSSR count). The number of nitrogens with one attached hydrogen (secondary N) is 2. The van der Waals surface area contributed by atoms with Gasteiger partial charge in [-0.25, -0.2) is 9.37 Å². The second-order valence-electron chi connectivity index (χ2n) is 14.8. The maximum Gasteiger partial charge on any atom is 0.262 e. The zero-order chi connectivity index (χ0) is 39.2. The third kappa shape index (κ3) is 9.52. The van der Waals surface area contributed by atoms with Gasteiger partial charge < -0.3 is 34.8 Å². The number of methoxy groups -OCH3 is 1. The summed E-state index contributed by atoms with van der Waals surface area (Å²) in [5, 5.41) is 6.07. The molecule has 2 N–H and O–H groups in total. The molecular formula is C42H53FN8O4. The summed E-state index contributed by atoms with van der Waals surface area (Å²) in [7, 11) is 3.61. The number of benzene rings is 3. The van der Waals surface area contributed by atoms with E-state index in [0.29, 0.717) is 53.5 Å². The highest BCUT2D eigenvalue weighted by molar-refractivity contribution is 6.06. The van der Waals surface area contributed by atoms with E-state index in [9.17, 15) is 9.59 Å². The number of hydrogen-bond acceptors (Lipinski definition) is 10. The molecule has 2 amide bonds. The van der Waals surface area contributed by atoms with Crippen molar-refractivity contribution in [2.75, 3.05) is 75.5 Å². The van der Waals surface area contributed by atoms with Gasteiger partial charge in [0.05, 0.1) is 12.8 Å². The van der Waals surface area contributed by atoms with Crippen molar-refractivity contribution in [3.05, 3.63) is 88.9 Å². The summed E-state index contributed by atoms with van der Waals surface area (Å²) in [6.07, 6.45) is 2.30. The van der Waals surface area contributed by atoms with Gasteiger partial charge in [-0.3, -0.25) is 14.5 Å². The number of aryl methyl sites for hydroxylation is 3. The van der Waals surface area contributed by atoms with E-state index < -0.39 is 5.91 Å². The molecule has 2 fully saturated rings. The van der Waals surface area contributed by atoms with Crippen LogP contribution >= 0.6 is 0 Å². The lowest BCUT2D eigenvalue weighted by Crippen LogP contribution is -2.50. The lowest BCUT2D eigenvalue weighted by molar-refractivity contribution is -0.133. The number of likely N-dealkylation sites (N-methyl/N-ethyl adjacent to an activating group) is 1. The topological polar surface area (TPSA) is 115 Å². The number of amides is 2. The molecule has 1 aromatic heterocycles. The molecule has 0 saturated carbocycles. The van der Waals surface area contributed by atoms with Crippen LogP contribution in [0.2, 0.25) is 0 Å². The van der Waals surface area contributed by atoms with Crippen molar-refractivity contribution in [1.29, 1.82) is 0 Å². The predicted molar refractivity (Wildman–Crippen MR) is 215 cm³/mol. The monoisotopic (exact) mass is 752 g/mol. The molecule has 3 heterocycles. The van der Waals surface area contributed by atoms with Crippen LogP contribution in [0.25, 0.3) is 0 Å². The van der Waals surface area contributed by atoms with Crippen LogP contribution in [0.5, 0.6) is 17.4 Å². The minimum Gasteiger partial charge on any atom is -0.493 e. The Kier molecular flexibility index (Phi) is 12.5. The molecule has 1 unspecified atom stereocenters. The fourth-order valence-corrected chi connectivity index (χ4v) is 7.04. The Bertz CT molecular complexity index is 1980. The maximum atomic E-state index is 15.5. The quantitative estimate of drug-likeness (QED) is 0.163. The number of rotatable bonds is 12. The van der Waals surface area contributed by atoms with Crippen molar-refractivity contribution in [2.24, 2.45) is 0 Å². The Morgan fingerprint density at radius 1 is 0.964 bits per heavy atom. The molecule has 0 spiro atoms. The van der Waals surface area contributed by atoms with E-state index in [1.54, 1.807) is 18.2 Å². The molecule has 2 saturated heterocycles. The van der Waals surface area contributed by atoms with Crippen LogP contribution < -0.4 is 25.0 Å². The van der Waals surface area contributed by atoms with Gasteiger partial charge in [0.2, 0.25) is 17.7 Å². The summed E-state index contributed by atoms with van der Waals surface area (Å²) in [4.78, 5) is 44.5. The summed E-state index contributed by atoms with van der Waals surface area (Å²) in [6.45, 7) is 15.9. The number of ether oxygens (including phenoxy) is 2. The summed E-state index contributed by atoms with van der Waals surface area (Å²) in [6, 6.07) is 17.0. The average Bonchev–Trinajstić information content (AvgIpc) is 3.17. The number of hydrogen-bond donors (Lipinski definition) is 2. The van der Waals surface area contributed by atoms with Crippen LogP contribution in [-0.2, 0) is 11.2 Å². The van der Waals surface area contributed by atoms with Crippen LogP contribution in [-0.4, -0.2) is 109 Å². The second kappa shape index (κ2) is 17.5. The molecule has 292 valence electrons. The zero-order valence-electron chi connectivity index (χ0n) is 33.0. The molecule has 4 aromatic rings. The highest BCUT2D eigenvalue weighted by Crippen LogP contribution is 2.35. The van der Waals surface area contributed by atoms with Gasteiger partial charge in [0, 0.05) is 81.9 Å². The first kappa shape index (κ1) is 39.4. The van der Waals surface area contributed by atoms with Crippen LogP contribution in [0.3, 0.4) is 0 Å². The predicted octanol–water partition coefficient (Wildman–Crippen LogP) is 6.65. The van der Waals surface area contributed by atoms with Crippen LogP contribution in [0.1, 0.15) is 54.2 Å². The molecule has 1 atom stereocenters. The number of para-hydroxylation sites is 1. The Labute approximate surface area is 323 Å². The number of carbonyl (C=O) groups excluding carboxylic acids is 2. The summed E-state index contributed by atoms with van der Waals surface area (Å²) in [5.41, 5.74) is 4.48. The largest absolute Gasteiger partial charge is 0.493 e. The Morgan fingerprint density at radius 2 is 1.71 bits per heavy atom. The molecule has 55 heavy (non-hydrogen) atoms. The minimum atomic E-state index is -0.459. The third-order valence-corrected chi connectivity index (χ3v) is 10.7. The van der Waals surface area contributed by atoms with Gasteiger partial charge in [0.25, 0.3) is 5.91 Å². The molecule has 12 nitrogen and oxygen atoms in total.